The van der Waals surface area contributed by atoms with Gasteiger partial charge in [0, 0.05) is 0 Å². The van der Waals surface area contributed by atoms with Crippen molar-refractivity contribution in [3.63, 3.8) is 0 Å². The maximum Gasteiger partial charge on any atom is -0.000772 e. The summed E-state index contributed by atoms with van der Waals surface area (Å²) < 4.78 is 0. The number of aryl methyl sites for hydroxylation is 1. The predicted molar refractivity (Wildman–Crippen MR) is 63.8 cm³/mol. The van der Waals surface area contributed by atoms with E-state index in [-0.39, 0.29) is 0 Å². The van der Waals surface area contributed by atoms with Crippen LogP contribution in [0.5, 0.6) is 0 Å². The van der Waals surface area contributed by atoms with Gasteiger partial charge in [0.15, 0.2) is 0 Å². The van der Waals surface area contributed by atoms with Gasteiger partial charge in [-0.3, -0.25) is 0 Å². The molecule has 1 atom stereocenters. The third-order valence-corrected chi connectivity index (χ3v) is 2.80. The zero-order chi connectivity index (χ0) is 10.6. The molecule has 0 N–H and O–H groups in total. The Morgan fingerprint density at radius 3 is 2.64 bits per heavy atom. The minimum absolute atomic E-state index is 0.537. The summed E-state index contributed by atoms with van der Waals surface area (Å²) in [6.45, 7) is 8.82. The Morgan fingerprint density at radius 1 is 1.29 bits per heavy atom. The molecule has 0 aliphatic carbocycles. The van der Waals surface area contributed by atoms with Gasteiger partial charge in [-0.15, -0.1) is 0 Å². The van der Waals surface area contributed by atoms with Crippen molar-refractivity contribution in [2.24, 2.45) is 0 Å². The molecular weight excluding hydrogens is 168 g/mol. The summed E-state index contributed by atoms with van der Waals surface area (Å²) in [7, 11) is 0. The molecule has 0 heteroatoms. The molecule has 0 amide bonds. The van der Waals surface area contributed by atoms with E-state index in [1.807, 2.05) is 0 Å². The van der Waals surface area contributed by atoms with Gasteiger partial charge in [-0.1, -0.05) is 44.2 Å². The van der Waals surface area contributed by atoms with Crippen LogP contribution in [-0.2, 0) is 0 Å². The van der Waals surface area contributed by atoms with E-state index in [0.29, 0.717) is 5.92 Å². The molecular formula is C14H20. The Kier molecular flexibility index (Phi) is 3.94. The average molecular weight is 188 g/mol. The largest absolute Gasteiger partial charge is 0.0882 e. The van der Waals surface area contributed by atoms with Crippen LogP contribution in [0.1, 0.15) is 42.9 Å². The molecule has 0 aliphatic rings. The van der Waals surface area contributed by atoms with Crippen molar-refractivity contribution < 1.29 is 0 Å². The minimum atomic E-state index is 0.537. The van der Waals surface area contributed by atoms with Crippen molar-refractivity contribution in [3.05, 3.63) is 47.0 Å². The number of benzene rings is 1. The van der Waals surface area contributed by atoms with Crippen molar-refractivity contribution in [1.82, 2.24) is 0 Å². The molecule has 0 fully saturated rings. The third-order valence-electron chi connectivity index (χ3n) is 2.80. The lowest BCUT2D eigenvalue weighted by atomic mass is 9.93. The van der Waals surface area contributed by atoms with Gasteiger partial charge in [-0.05, 0) is 42.9 Å². The lowest BCUT2D eigenvalue weighted by Crippen LogP contribution is -1.95. The van der Waals surface area contributed by atoms with E-state index in [4.69, 9.17) is 0 Å². The molecule has 76 valence electrons. The molecule has 0 heterocycles. The van der Waals surface area contributed by atoms with Gasteiger partial charge in [0.25, 0.3) is 0 Å². The van der Waals surface area contributed by atoms with E-state index in [0.717, 1.165) is 6.42 Å². The third kappa shape index (κ3) is 2.47. The van der Waals surface area contributed by atoms with Crippen molar-refractivity contribution in [3.8, 4) is 0 Å². The summed E-state index contributed by atoms with van der Waals surface area (Å²) in [5.74, 6) is 0.537. The molecule has 14 heavy (non-hydrogen) atoms. The van der Waals surface area contributed by atoms with Crippen LogP contribution in [0.4, 0.5) is 0 Å². The second kappa shape index (κ2) is 4.99. The summed E-state index contributed by atoms with van der Waals surface area (Å²) in [4.78, 5) is 0. The molecule has 0 aromatic heterocycles. The second-order valence-electron chi connectivity index (χ2n) is 3.91. The quantitative estimate of drug-likeness (QED) is 0.618. The van der Waals surface area contributed by atoms with Crippen LogP contribution in [0.2, 0.25) is 0 Å². The topological polar surface area (TPSA) is 0 Å². The molecule has 1 aromatic carbocycles. The molecule has 0 spiro atoms. The fourth-order valence-electron chi connectivity index (χ4n) is 1.71. The van der Waals surface area contributed by atoms with Crippen molar-refractivity contribution in [2.75, 3.05) is 0 Å². The van der Waals surface area contributed by atoms with Crippen LogP contribution < -0.4 is 0 Å². The van der Waals surface area contributed by atoms with Crippen LogP contribution in [0.3, 0.4) is 0 Å². The lowest BCUT2D eigenvalue weighted by Gasteiger charge is -2.12. The van der Waals surface area contributed by atoms with Gasteiger partial charge in [0.2, 0.25) is 0 Å². The maximum absolute atomic E-state index is 2.29. The molecule has 0 radical (unpaired) electrons. The number of allylic oxidation sites excluding steroid dienone is 2. The molecule has 1 aromatic rings. The SMILES string of the molecule is CC/C=C\C(C)c1cccc(C)c1C. The first-order valence-electron chi connectivity index (χ1n) is 5.39. The van der Waals surface area contributed by atoms with Crippen molar-refractivity contribution >= 4 is 0 Å². The molecule has 0 saturated heterocycles. The Balaban J connectivity index is 2.95. The lowest BCUT2D eigenvalue weighted by molar-refractivity contribution is 0.938. The summed E-state index contributed by atoms with van der Waals surface area (Å²) in [5, 5.41) is 0. The number of hydrogen-bond acceptors (Lipinski definition) is 0. The first-order valence-corrected chi connectivity index (χ1v) is 5.39. The van der Waals surface area contributed by atoms with Gasteiger partial charge in [-0.2, -0.15) is 0 Å². The first-order chi connectivity index (χ1) is 6.66. The van der Waals surface area contributed by atoms with Gasteiger partial charge in [-0.25, -0.2) is 0 Å². The normalized spacial score (nSPS) is 13.4. The second-order valence-corrected chi connectivity index (χ2v) is 3.91. The maximum atomic E-state index is 2.29. The highest BCUT2D eigenvalue weighted by Gasteiger charge is 2.05. The van der Waals surface area contributed by atoms with Crippen LogP contribution in [0.15, 0.2) is 30.4 Å². The highest BCUT2D eigenvalue weighted by atomic mass is 14.1. The van der Waals surface area contributed by atoms with Crippen LogP contribution in [0, 0.1) is 13.8 Å². The Labute approximate surface area is 87.7 Å². The minimum Gasteiger partial charge on any atom is -0.0882 e. The van der Waals surface area contributed by atoms with E-state index in [1.165, 1.54) is 16.7 Å². The van der Waals surface area contributed by atoms with Gasteiger partial charge in [0.1, 0.15) is 0 Å². The van der Waals surface area contributed by atoms with Gasteiger partial charge in [0.05, 0.1) is 0 Å². The van der Waals surface area contributed by atoms with Crippen molar-refractivity contribution in [1.29, 1.82) is 0 Å². The monoisotopic (exact) mass is 188 g/mol. The van der Waals surface area contributed by atoms with Crippen LogP contribution in [-0.4, -0.2) is 0 Å². The first kappa shape index (κ1) is 11.0. The zero-order valence-electron chi connectivity index (χ0n) is 9.67. The van der Waals surface area contributed by atoms with E-state index >= 15 is 0 Å². The highest BCUT2D eigenvalue weighted by molar-refractivity contribution is 5.37. The smallest absolute Gasteiger partial charge is 0.000772 e. The van der Waals surface area contributed by atoms with Crippen LogP contribution in [0.25, 0.3) is 0 Å². The Bertz CT molecular complexity index is 321. The predicted octanol–water partition coefficient (Wildman–Crippen LogP) is 4.37. The molecule has 0 bridgehead atoms. The number of hydrogen-bond donors (Lipinski definition) is 0. The molecule has 1 unspecified atom stereocenters. The fourth-order valence-corrected chi connectivity index (χ4v) is 1.71. The summed E-state index contributed by atoms with van der Waals surface area (Å²) in [6.07, 6.45) is 5.66. The van der Waals surface area contributed by atoms with E-state index in [9.17, 15) is 0 Å². The standard InChI is InChI=1S/C14H20/c1-5-6-8-12(3)14-10-7-9-11(2)13(14)4/h6-10,12H,5H2,1-4H3/b8-6-. The number of rotatable bonds is 3. The van der Waals surface area contributed by atoms with Crippen LogP contribution >= 0.6 is 0 Å². The zero-order valence-corrected chi connectivity index (χ0v) is 9.67. The summed E-state index contributed by atoms with van der Waals surface area (Å²) in [6, 6.07) is 6.55. The summed E-state index contributed by atoms with van der Waals surface area (Å²) in [5.41, 5.74) is 4.27. The molecule has 0 nitrogen and oxygen atoms in total. The van der Waals surface area contributed by atoms with Gasteiger partial charge < -0.3 is 0 Å². The molecule has 1 rings (SSSR count). The van der Waals surface area contributed by atoms with E-state index in [1.54, 1.807) is 0 Å². The average Bonchev–Trinajstić information content (AvgIpc) is 2.18. The summed E-state index contributed by atoms with van der Waals surface area (Å²) >= 11 is 0. The van der Waals surface area contributed by atoms with Gasteiger partial charge >= 0.3 is 0 Å². The highest BCUT2D eigenvalue weighted by Crippen LogP contribution is 2.22. The molecule has 0 saturated carbocycles. The van der Waals surface area contributed by atoms with E-state index < -0.39 is 0 Å². The Hall–Kier alpha value is -1.04. The fraction of sp³-hybridized carbons (Fsp3) is 0.429. The molecule has 0 aliphatic heterocycles. The van der Waals surface area contributed by atoms with Crippen molar-refractivity contribution in [2.45, 2.75) is 40.0 Å². The Morgan fingerprint density at radius 2 is 2.00 bits per heavy atom. The van der Waals surface area contributed by atoms with E-state index in [2.05, 4.69) is 58.0 Å².